The molecule has 0 radical (unpaired) electrons. The molecular weight excluding hydrogens is 702 g/mol. The van der Waals surface area contributed by atoms with Crippen LogP contribution in [0, 0.1) is 18.3 Å². The maximum Gasteiger partial charge on any atom is 0.407 e. The molecule has 3 heterocycles. The van der Waals surface area contributed by atoms with Crippen molar-refractivity contribution in [2.24, 2.45) is 11.3 Å². The summed E-state index contributed by atoms with van der Waals surface area (Å²) >= 11 is 0. The molecule has 1 aromatic carbocycles. The van der Waals surface area contributed by atoms with Crippen LogP contribution in [-0.4, -0.2) is 110 Å². The number of aryl methyl sites for hydroxylation is 2. The van der Waals surface area contributed by atoms with Crippen molar-refractivity contribution in [3.8, 4) is 0 Å². The molecule has 0 bridgehead atoms. The lowest BCUT2D eigenvalue weighted by molar-refractivity contribution is -0.133. The monoisotopic (exact) mass is 761 g/mol. The van der Waals surface area contributed by atoms with Crippen molar-refractivity contribution < 1.29 is 29.0 Å². The first-order chi connectivity index (χ1) is 26.1. The van der Waals surface area contributed by atoms with Crippen LogP contribution in [0.1, 0.15) is 76.4 Å². The quantitative estimate of drug-likeness (QED) is 0.121. The molecule has 0 aliphatic carbocycles. The number of carbonyl (C=O) groups is 4. The van der Waals surface area contributed by atoms with E-state index >= 15 is 0 Å². The fourth-order valence-corrected chi connectivity index (χ4v) is 6.69. The van der Waals surface area contributed by atoms with E-state index in [1.165, 1.54) is 7.11 Å². The normalized spacial score (nSPS) is 16.0. The van der Waals surface area contributed by atoms with Gasteiger partial charge in [-0.2, -0.15) is 0 Å². The maximum atomic E-state index is 14.4. The van der Waals surface area contributed by atoms with E-state index in [2.05, 4.69) is 31.0 Å². The molecule has 5 amide bonds. The van der Waals surface area contributed by atoms with Gasteiger partial charge in [-0.3, -0.25) is 20.0 Å². The summed E-state index contributed by atoms with van der Waals surface area (Å²) in [6, 6.07) is 12.4. The van der Waals surface area contributed by atoms with Crippen molar-refractivity contribution in [2.75, 3.05) is 26.7 Å². The zero-order valence-electron chi connectivity index (χ0n) is 33.5. The third kappa shape index (κ3) is 12.0. The number of pyridine rings is 1. The second-order valence-electron chi connectivity index (χ2n) is 15.4. The maximum absolute atomic E-state index is 14.4. The van der Waals surface area contributed by atoms with Crippen LogP contribution in [0.15, 0.2) is 54.7 Å². The minimum Gasteiger partial charge on any atom is -0.453 e. The molecule has 300 valence electrons. The van der Waals surface area contributed by atoms with Crippen LogP contribution in [-0.2, 0) is 40.3 Å². The molecule has 5 unspecified atom stereocenters. The number of aromatic amines is 1. The number of imidazole rings is 1. The highest BCUT2D eigenvalue weighted by atomic mass is 16.5. The Kier molecular flexibility index (Phi) is 15.2. The first-order valence-electron chi connectivity index (χ1n) is 19.1. The standard InChI is InChI=1S/C40H59N9O6/c1-9-26(3)34(49-20-19-47(39(49)54)23-29-18-14-15-27(4)42-29)36(51)44-31(21-28-16-12-11-13-17-28)32(50)25-48(24-30-22-41-33(10-2)43-30)46-37(52)35(40(5,6)7)45-38(53)55-8/h11-18,22,26,31-32,34-35,50H,9-10,19-21,23-25H2,1-8H3,(H,41,43)(H,44,51)(H,45,53)(H,46,52). The van der Waals surface area contributed by atoms with Crippen LogP contribution in [0.2, 0.25) is 0 Å². The van der Waals surface area contributed by atoms with Gasteiger partial charge >= 0.3 is 12.1 Å². The number of amides is 5. The summed E-state index contributed by atoms with van der Waals surface area (Å²) in [6.07, 6.45) is 1.31. The zero-order valence-corrected chi connectivity index (χ0v) is 33.5. The second-order valence-corrected chi connectivity index (χ2v) is 15.4. The van der Waals surface area contributed by atoms with Gasteiger partial charge in [0.05, 0.1) is 43.7 Å². The number of aliphatic hydroxyl groups is 1. The third-order valence-corrected chi connectivity index (χ3v) is 9.93. The van der Waals surface area contributed by atoms with Crippen molar-refractivity contribution in [2.45, 2.75) is 105 Å². The van der Waals surface area contributed by atoms with E-state index in [9.17, 15) is 24.3 Å². The number of nitrogens with zero attached hydrogens (tertiary/aromatic N) is 5. The average Bonchev–Trinajstić information content (AvgIpc) is 3.75. The Morgan fingerprint density at radius 2 is 1.76 bits per heavy atom. The number of ether oxygens (including phenoxy) is 1. The Bertz CT molecular complexity index is 1730. The predicted molar refractivity (Wildman–Crippen MR) is 208 cm³/mol. The first-order valence-corrected chi connectivity index (χ1v) is 19.1. The topological polar surface area (TPSA) is 185 Å². The smallest absolute Gasteiger partial charge is 0.407 e. The Balaban J connectivity index is 1.60. The van der Waals surface area contributed by atoms with Crippen molar-refractivity contribution in [3.05, 3.63) is 83.2 Å². The number of H-pyrrole nitrogens is 1. The van der Waals surface area contributed by atoms with Gasteiger partial charge in [0.25, 0.3) is 5.91 Å². The first kappa shape index (κ1) is 42.7. The summed E-state index contributed by atoms with van der Waals surface area (Å²) in [5.41, 5.74) is 5.42. The number of rotatable bonds is 18. The molecule has 4 rings (SSSR count). The molecule has 3 aromatic rings. The Labute approximate surface area is 324 Å². The van der Waals surface area contributed by atoms with Crippen LogP contribution < -0.4 is 16.1 Å². The lowest BCUT2D eigenvalue weighted by Gasteiger charge is -2.36. The van der Waals surface area contributed by atoms with Crippen molar-refractivity contribution >= 4 is 23.9 Å². The number of hydrogen-bond acceptors (Lipinski definition) is 9. The van der Waals surface area contributed by atoms with Crippen LogP contribution in [0.3, 0.4) is 0 Å². The van der Waals surface area contributed by atoms with E-state index < -0.39 is 41.6 Å². The summed E-state index contributed by atoms with van der Waals surface area (Å²) in [6.45, 7) is 14.5. The number of benzene rings is 1. The molecule has 55 heavy (non-hydrogen) atoms. The molecule has 5 atom stereocenters. The highest BCUT2D eigenvalue weighted by Gasteiger charge is 2.41. The summed E-state index contributed by atoms with van der Waals surface area (Å²) in [7, 11) is 1.23. The number of hydrogen-bond donors (Lipinski definition) is 5. The number of methoxy groups -OCH3 is 1. The van der Waals surface area contributed by atoms with Gasteiger partial charge < -0.3 is 35.3 Å². The van der Waals surface area contributed by atoms with Gasteiger partial charge in [0.15, 0.2) is 0 Å². The van der Waals surface area contributed by atoms with E-state index in [1.807, 2.05) is 97.0 Å². The van der Waals surface area contributed by atoms with Gasteiger partial charge in [-0.25, -0.2) is 19.6 Å². The number of hydrazine groups is 1. The van der Waals surface area contributed by atoms with Crippen LogP contribution >= 0.6 is 0 Å². The number of alkyl carbamates (subject to hydrolysis) is 1. The fourth-order valence-electron chi connectivity index (χ4n) is 6.69. The molecule has 5 N–H and O–H groups in total. The summed E-state index contributed by atoms with van der Waals surface area (Å²) in [5.74, 6) is -0.308. The number of carbonyl (C=O) groups excluding carboxylic acids is 4. The minimum absolute atomic E-state index is 0.104. The SMILES string of the molecule is CCc1ncc(CN(CC(O)C(Cc2ccccc2)NC(=O)C(C(C)CC)N2CCN(Cc3cccc(C)n3)C2=O)NC(=O)C(NC(=O)OC)C(C)(C)C)[nH]1. The predicted octanol–water partition coefficient (Wildman–Crippen LogP) is 3.72. The number of urea groups is 1. The van der Waals surface area contributed by atoms with Crippen molar-refractivity contribution in [1.82, 2.24) is 45.8 Å². The lowest BCUT2D eigenvalue weighted by Crippen LogP contribution is -2.60. The van der Waals surface area contributed by atoms with E-state index in [0.717, 1.165) is 22.8 Å². The van der Waals surface area contributed by atoms with E-state index in [4.69, 9.17) is 4.74 Å². The molecule has 1 fully saturated rings. The molecule has 1 aliphatic rings. The lowest BCUT2D eigenvalue weighted by atomic mass is 9.86. The average molecular weight is 762 g/mol. The molecule has 15 heteroatoms. The molecule has 1 saturated heterocycles. The summed E-state index contributed by atoms with van der Waals surface area (Å²) in [5, 5.41) is 19.3. The van der Waals surface area contributed by atoms with E-state index in [-0.39, 0.29) is 37.4 Å². The second kappa shape index (κ2) is 19.5. The Morgan fingerprint density at radius 3 is 2.38 bits per heavy atom. The van der Waals surface area contributed by atoms with Crippen LogP contribution in [0.4, 0.5) is 9.59 Å². The Morgan fingerprint density at radius 1 is 1.04 bits per heavy atom. The molecular formula is C40H59N9O6. The molecule has 1 aliphatic heterocycles. The van der Waals surface area contributed by atoms with Gasteiger partial charge in [0, 0.05) is 37.9 Å². The molecule has 0 saturated carbocycles. The largest absolute Gasteiger partial charge is 0.453 e. The molecule has 15 nitrogen and oxygen atoms in total. The Hall–Kier alpha value is -5.02. The van der Waals surface area contributed by atoms with Gasteiger partial charge in [-0.15, -0.1) is 0 Å². The summed E-state index contributed by atoms with van der Waals surface area (Å²) < 4.78 is 4.79. The number of aliphatic hydroxyl groups excluding tert-OH is 1. The van der Waals surface area contributed by atoms with E-state index in [0.29, 0.717) is 38.2 Å². The van der Waals surface area contributed by atoms with Gasteiger partial charge in [-0.1, -0.05) is 84.4 Å². The third-order valence-electron chi connectivity index (χ3n) is 9.93. The minimum atomic E-state index is -1.20. The van der Waals surface area contributed by atoms with Crippen molar-refractivity contribution in [1.29, 1.82) is 0 Å². The van der Waals surface area contributed by atoms with Gasteiger partial charge in [-0.05, 0) is 42.4 Å². The molecule has 2 aromatic heterocycles. The zero-order chi connectivity index (χ0) is 40.3. The van der Waals surface area contributed by atoms with Gasteiger partial charge in [0.1, 0.15) is 17.9 Å². The molecule has 0 spiro atoms. The van der Waals surface area contributed by atoms with Crippen molar-refractivity contribution in [3.63, 3.8) is 0 Å². The van der Waals surface area contributed by atoms with Crippen LogP contribution in [0.5, 0.6) is 0 Å². The number of aromatic nitrogens is 3. The summed E-state index contributed by atoms with van der Waals surface area (Å²) in [4.78, 5) is 69.8. The number of nitrogens with one attached hydrogen (secondary N) is 4. The fraction of sp³-hybridized carbons (Fsp3) is 0.550. The van der Waals surface area contributed by atoms with Crippen LogP contribution in [0.25, 0.3) is 0 Å². The highest BCUT2D eigenvalue weighted by molar-refractivity contribution is 5.88. The highest BCUT2D eigenvalue weighted by Crippen LogP contribution is 2.24. The van der Waals surface area contributed by atoms with E-state index in [1.54, 1.807) is 21.0 Å². The van der Waals surface area contributed by atoms with Gasteiger partial charge in [0.2, 0.25) is 5.91 Å².